The molecule has 0 atom stereocenters. The smallest absolute Gasteiger partial charge is 0.256 e. The fourth-order valence-electron chi connectivity index (χ4n) is 3.52. The van der Waals surface area contributed by atoms with Crippen LogP contribution in [0.1, 0.15) is 35.4 Å². The number of nitrogens with zero attached hydrogens (tertiary/aromatic N) is 4. The van der Waals surface area contributed by atoms with Gasteiger partial charge in [-0.3, -0.25) is 4.79 Å². The van der Waals surface area contributed by atoms with Gasteiger partial charge in [0, 0.05) is 29.1 Å². The minimum Gasteiger partial charge on any atom is -0.322 e. The number of amides is 1. The van der Waals surface area contributed by atoms with Crippen LogP contribution in [0.4, 0.5) is 5.69 Å². The van der Waals surface area contributed by atoms with Gasteiger partial charge >= 0.3 is 0 Å². The van der Waals surface area contributed by atoms with E-state index in [0.29, 0.717) is 17.0 Å². The normalized spacial score (nSPS) is 13.2. The van der Waals surface area contributed by atoms with E-state index < -0.39 is 0 Å². The van der Waals surface area contributed by atoms with Crippen LogP contribution < -0.4 is 5.32 Å². The van der Waals surface area contributed by atoms with E-state index >= 15 is 0 Å². The first-order chi connectivity index (χ1) is 14.3. The van der Waals surface area contributed by atoms with Crippen LogP contribution in [0.25, 0.3) is 11.4 Å². The van der Waals surface area contributed by atoms with Gasteiger partial charge in [0.15, 0.2) is 5.82 Å². The van der Waals surface area contributed by atoms with Gasteiger partial charge < -0.3 is 9.88 Å². The maximum Gasteiger partial charge on any atom is 0.256 e. The molecule has 29 heavy (non-hydrogen) atoms. The summed E-state index contributed by atoms with van der Waals surface area (Å²) in [5.74, 6) is 2.00. The Balaban J connectivity index is 1.57. The number of hydrogen-bond acceptors (Lipinski definition) is 5. The number of nitriles is 1. The molecule has 1 aliphatic heterocycles. The Morgan fingerprint density at radius 3 is 2.93 bits per heavy atom. The predicted octanol–water partition coefficient (Wildman–Crippen LogP) is 4.54. The summed E-state index contributed by atoms with van der Waals surface area (Å²) in [5.41, 5.74) is 2.21. The second-order valence-corrected chi connectivity index (χ2v) is 7.90. The number of aromatic nitrogens is 3. The van der Waals surface area contributed by atoms with E-state index in [1.807, 2.05) is 42.5 Å². The van der Waals surface area contributed by atoms with Crippen molar-refractivity contribution in [2.45, 2.75) is 37.1 Å². The summed E-state index contributed by atoms with van der Waals surface area (Å²) in [6.45, 7) is 0.928. The van der Waals surface area contributed by atoms with Crippen LogP contribution in [0.5, 0.6) is 0 Å². The summed E-state index contributed by atoms with van der Waals surface area (Å²) in [6, 6.07) is 17.1. The first-order valence-corrected chi connectivity index (χ1v) is 10.7. The molecule has 3 aromatic rings. The SMILES string of the molecule is N#CCSc1ccccc1C(=O)Nc1cccc(-c2nnc3n2CCCCC3)c1. The van der Waals surface area contributed by atoms with Crippen LogP contribution in [0.15, 0.2) is 53.4 Å². The monoisotopic (exact) mass is 403 g/mol. The number of aryl methyl sites for hydroxylation is 1. The van der Waals surface area contributed by atoms with Crippen molar-refractivity contribution < 1.29 is 4.79 Å². The third-order valence-corrected chi connectivity index (χ3v) is 5.85. The highest BCUT2D eigenvalue weighted by molar-refractivity contribution is 7.99. The molecule has 146 valence electrons. The molecule has 4 rings (SSSR count). The molecule has 0 radical (unpaired) electrons. The molecule has 1 aromatic heterocycles. The fraction of sp³-hybridized carbons (Fsp3) is 0.273. The molecule has 2 heterocycles. The van der Waals surface area contributed by atoms with Crippen LogP contribution in [0.3, 0.4) is 0 Å². The second kappa shape index (κ2) is 8.93. The molecule has 0 spiro atoms. The third kappa shape index (κ3) is 4.33. The van der Waals surface area contributed by atoms with Crippen LogP contribution >= 0.6 is 11.8 Å². The molecular weight excluding hydrogens is 382 g/mol. The molecule has 7 heteroatoms. The highest BCUT2D eigenvalue weighted by Gasteiger charge is 2.17. The number of fused-ring (bicyclic) bond motifs is 1. The van der Waals surface area contributed by atoms with Gasteiger partial charge in [0.25, 0.3) is 5.91 Å². The van der Waals surface area contributed by atoms with Crippen LogP contribution in [0.2, 0.25) is 0 Å². The van der Waals surface area contributed by atoms with E-state index in [1.54, 1.807) is 6.07 Å². The van der Waals surface area contributed by atoms with E-state index in [9.17, 15) is 4.79 Å². The number of carbonyl (C=O) groups is 1. The maximum atomic E-state index is 12.8. The van der Waals surface area contributed by atoms with Crippen molar-refractivity contribution in [2.24, 2.45) is 0 Å². The topological polar surface area (TPSA) is 83.6 Å². The lowest BCUT2D eigenvalue weighted by Crippen LogP contribution is -2.13. The van der Waals surface area contributed by atoms with E-state index in [4.69, 9.17) is 5.26 Å². The van der Waals surface area contributed by atoms with Gasteiger partial charge in [-0.05, 0) is 37.1 Å². The number of benzene rings is 2. The zero-order chi connectivity index (χ0) is 20.1. The number of rotatable bonds is 5. The number of thioether (sulfide) groups is 1. The van der Waals surface area contributed by atoms with Crippen LogP contribution in [-0.2, 0) is 13.0 Å². The lowest BCUT2D eigenvalue weighted by Gasteiger charge is -2.11. The minimum absolute atomic E-state index is 0.191. The summed E-state index contributed by atoms with van der Waals surface area (Å²) in [7, 11) is 0. The van der Waals surface area contributed by atoms with Crippen LogP contribution in [-0.4, -0.2) is 26.4 Å². The molecule has 0 saturated carbocycles. The Morgan fingerprint density at radius 1 is 1.14 bits per heavy atom. The van der Waals surface area contributed by atoms with Gasteiger partial charge in [0.1, 0.15) is 5.82 Å². The fourth-order valence-corrected chi connectivity index (χ4v) is 4.23. The summed E-state index contributed by atoms with van der Waals surface area (Å²) >= 11 is 1.36. The highest BCUT2D eigenvalue weighted by Crippen LogP contribution is 2.26. The van der Waals surface area contributed by atoms with Crippen molar-refractivity contribution >= 4 is 23.4 Å². The van der Waals surface area contributed by atoms with Gasteiger partial charge in [-0.1, -0.05) is 30.7 Å². The molecule has 0 saturated heterocycles. The van der Waals surface area contributed by atoms with Crippen molar-refractivity contribution in [3.8, 4) is 17.5 Å². The van der Waals surface area contributed by atoms with Crippen molar-refractivity contribution in [3.05, 3.63) is 59.9 Å². The standard InChI is InChI=1S/C22H21N5OS/c23-12-14-29-19-10-4-3-9-18(19)22(28)24-17-8-6-7-16(15-17)21-26-25-20-11-2-1-5-13-27(20)21/h3-4,6-10,15H,1-2,5,11,13-14H2,(H,24,28). The molecule has 6 nitrogen and oxygen atoms in total. The van der Waals surface area contributed by atoms with Gasteiger partial charge in [-0.2, -0.15) is 5.26 Å². The molecule has 1 N–H and O–H groups in total. The Hall–Kier alpha value is -3.11. The van der Waals surface area contributed by atoms with Crippen molar-refractivity contribution in [2.75, 3.05) is 11.1 Å². The summed E-state index contributed by atoms with van der Waals surface area (Å²) < 4.78 is 2.20. The predicted molar refractivity (Wildman–Crippen MR) is 114 cm³/mol. The van der Waals surface area contributed by atoms with E-state index in [-0.39, 0.29) is 5.91 Å². The van der Waals surface area contributed by atoms with Crippen molar-refractivity contribution in [1.29, 1.82) is 5.26 Å². The Kier molecular flexibility index (Phi) is 5.92. The second-order valence-electron chi connectivity index (χ2n) is 6.88. The molecule has 0 aliphatic carbocycles. The zero-order valence-corrected chi connectivity index (χ0v) is 16.8. The lowest BCUT2D eigenvalue weighted by atomic mass is 10.1. The first kappa shape index (κ1) is 19.2. The Morgan fingerprint density at radius 2 is 2.03 bits per heavy atom. The van der Waals surface area contributed by atoms with Crippen molar-refractivity contribution in [3.63, 3.8) is 0 Å². The Bertz CT molecular complexity index is 1070. The van der Waals surface area contributed by atoms with E-state index in [0.717, 1.165) is 47.9 Å². The summed E-state index contributed by atoms with van der Waals surface area (Å²) in [6.07, 6.45) is 4.45. The largest absolute Gasteiger partial charge is 0.322 e. The van der Waals surface area contributed by atoms with E-state index in [2.05, 4.69) is 26.2 Å². The van der Waals surface area contributed by atoms with Gasteiger partial charge in [-0.25, -0.2) is 0 Å². The van der Waals surface area contributed by atoms with Gasteiger partial charge in [0.05, 0.1) is 17.4 Å². The molecule has 1 amide bonds. The maximum absolute atomic E-state index is 12.8. The number of anilines is 1. The first-order valence-electron chi connectivity index (χ1n) is 9.69. The molecule has 0 fully saturated rings. The Labute approximate surface area is 174 Å². The minimum atomic E-state index is -0.191. The average Bonchev–Trinajstić information content (AvgIpc) is 3.01. The molecule has 1 aliphatic rings. The zero-order valence-electron chi connectivity index (χ0n) is 16.0. The molecule has 0 bridgehead atoms. The third-order valence-electron chi connectivity index (χ3n) is 4.91. The summed E-state index contributed by atoms with van der Waals surface area (Å²) in [5, 5.41) is 20.6. The van der Waals surface area contributed by atoms with E-state index in [1.165, 1.54) is 18.2 Å². The average molecular weight is 404 g/mol. The van der Waals surface area contributed by atoms with Gasteiger partial charge in [-0.15, -0.1) is 22.0 Å². The quantitative estimate of drug-likeness (QED) is 0.632. The van der Waals surface area contributed by atoms with Gasteiger partial charge in [0.2, 0.25) is 0 Å². The number of nitrogens with one attached hydrogen (secondary N) is 1. The van der Waals surface area contributed by atoms with Crippen molar-refractivity contribution in [1.82, 2.24) is 14.8 Å². The molecular formula is C22H21N5OS. The molecule has 0 unspecified atom stereocenters. The number of hydrogen-bond donors (Lipinski definition) is 1. The van der Waals surface area contributed by atoms with Crippen LogP contribution in [0, 0.1) is 11.3 Å². The lowest BCUT2D eigenvalue weighted by molar-refractivity contribution is 0.102. The molecule has 2 aromatic carbocycles. The number of carbonyl (C=O) groups excluding carboxylic acids is 1. The highest BCUT2D eigenvalue weighted by atomic mass is 32.2. The summed E-state index contributed by atoms with van der Waals surface area (Å²) in [4.78, 5) is 13.6.